The highest BCUT2D eigenvalue weighted by Gasteiger charge is 2.41. The van der Waals surface area contributed by atoms with Crippen LogP contribution in [0.1, 0.15) is 6.92 Å². The molecule has 0 aromatic carbocycles. The Morgan fingerprint density at radius 1 is 1.60 bits per heavy atom. The van der Waals surface area contributed by atoms with Crippen LogP contribution in [0.3, 0.4) is 0 Å². The van der Waals surface area contributed by atoms with Gasteiger partial charge in [-0.05, 0) is 6.04 Å². The molecular formula is C7H15NOSi. The molecule has 1 heterocycles. The SMILES string of the molecule is CC1C[Si](C)(C)N(C)C1=O. The molecule has 0 saturated carbocycles. The van der Waals surface area contributed by atoms with Gasteiger partial charge in [-0.3, -0.25) is 4.79 Å². The Balaban J connectivity index is 2.81. The van der Waals surface area contributed by atoms with Gasteiger partial charge >= 0.3 is 0 Å². The lowest BCUT2D eigenvalue weighted by Crippen LogP contribution is -2.42. The molecular weight excluding hydrogens is 142 g/mol. The van der Waals surface area contributed by atoms with Gasteiger partial charge in [0, 0.05) is 13.0 Å². The van der Waals surface area contributed by atoms with Gasteiger partial charge in [-0.1, -0.05) is 20.0 Å². The lowest BCUT2D eigenvalue weighted by atomic mass is 10.2. The molecule has 1 aliphatic heterocycles. The van der Waals surface area contributed by atoms with Crippen molar-refractivity contribution < 1.29 is 4.79 Å². The first-order valence-corrected chi connectivity index (χ1v) is 6.88. The predicted molar refractivity (Wildman–Crippen MR) is 44.2 cm³/mol. The molecule has 1 amide bonds. The Bertz CT molecular complexity index is 167. The summed E-state index contributed by atoms with van der Waals surface area (Å²) < 4.78 is 1.98. The Morgan fingerprint density at radius 3 is 2.20 bits per heavy atom. The van der Waals surface area contributed by atoms with E-state index in [9.17, 15) is 4.79 Å². The van der Waals surface area contributed by atoms with E-state index < -0.39 is 8.24 Å². The predicted octanol–water partition coefficient (Wildman–Crippen LogP) is 1.30. The van der Waals surface area contributed by atoms with Crippen molar-refractivity contribution in [1.29, 1.82) is 0 Å². The van der Waals surface area contributed by atoms with Crippen LogP contribution < -0.4 is 0 Å². The maximum absolute atomic E-state index is 11.3. The first-order valence-electron chi connectivity index (χ1n) is 3.73. The summed E-state index contributed by atoms with van der Waals surface area (Å²) in [4.78, 5) is 11.3. The van der Waals surface area contributed by atoms with Crippen LogP contribution in [0.5, 0.6) is 0 Å². The summed E-state index contributed by atoms with van der Waals surface area (Å²) >= 11 is 0. The van der Waals surface area contributed by atoms with Crippen molar-refractivity contribution in [3.8, 4) is 0 Å². The zero-order chi connectivity index (χ0) is 7.94. The summed E-state index contributed by atoms with van der Waals surface area (Å²) in [6.07, 6.45) is 0. The lowest BCUT2D eigenvalue weighted by Gasteiger charge is -2.24. The van der Waals surface area contributed by atoms with Crippen molar-refractivity contribution in [3.05, 3.63) is 0 Å². The molecule has 0 aliphatic carbocycles. The van der Waals surface area contributed by atoms with Crippen molar-refractivity contribution in [1.82, 2.24) is 4.57 Å². The first-order chi connectivity index (χ1) is 4.45. The van der Waals surface area contributed by atoms with E-state index in [0.717, 1.165) is 6.04 Å². The highest BCUT2D eigenvalue weighted by atomic mass is 28.3. The van der Waals surface area contributed by atoms with Crippen LogP contribution in [-0.4, -0.2) is 25.8 Å². The molecule has 0 radical (unpaired) electrons. The molecule has 0 spiro atoms. The molecule has 1 aliphatic rings. The molecule has 1 unspecified atom stereocenters. The zero-order valence-electron chi connectivity index (χ0n) is 7.14. The maximum Gasteiger partial charge on any atom is 0.217 e. The monoisotopic (exact) mass is 157 g/mol. The minimum absolute atomic E-state index is 0.284. The topological polar surface area (TPSA) is 20.3 Å². The number of rotatable bonds is 0. The zero-order valence-corrected chi connectivity index (χ0v) is 8.14. The average molecular weight is 157 g/mol. The molecule has 0 N–H and O–H groups in total. The Morgan fingerprint density at radius 2 is 2.10 bits per heavy atom. The summed E-state index contributed by atoms with van der Waals surface area (Å²) in [6, 6.07) is 1.13. The third-order valence-electron chi connectivity index (χ3n) is 2.47. The van der Waals surface area contributed by atoms with Gasteiger partial charge in [0.15, 0.2) is 8.24 Å². The third kappa shape index (κ3) is 0.984. The molecule has 0 bridgehead atoms. The van der Waals surface area contributed by atoms with E-state index in [-0.39, 0.29) is 5.92 Å². The Kier molecular flexibility index (Phi) is 1.62. The van der Waals surface area contributed by atoms with E-state index in [0.29, 0.717) is 5.91 Å². The molecule has 58 valence electrons. The van der Waals surface area contributed by atoms with Crippen LogP contribution >= 0.6 is 0 Å². The van der Waals surface area contributed by atoms with E-state index in [2.05, 4.69) is 13.1 Å². The molecule has 1 atom stereocenters. The van der Waals surface area contributed by atoms with Crippen molar-refractivity contribution >= 4 is 14.1 Å². The summed E-state index contributed by atoms with van der Waals surface area (Å²) in [5, 5.41) is 0. The first kappa shape index (κ1) is 7.79. The second-order valence-electron chi connectivity index (χ2n) is 3.81. The summed E-state index contributed by atoms with van der Waals surface area (Å²) in [6.45, 7) is 6.52. The molecule has 0 aromatic heterocycles. The standard InChI is InChI=1S/C7H15NOSi/c1-6-5-10(3,4)8(2)7(6)9/h6H,5H2,1-4H3. The van der Waals surface area contributed by atoms with E-state index in [1.165, 1.54) is 0 Å². The van der Waals surface area contributed by atoms with Crippen LogP contribution in [0.2, 0.25) is 19.1 Å². The van der Waals surface area contributed by atoms with E-state index >= 15 is 0 Å². The number of hydrogen-bond donors (Lipinski definition) is 0. The van der Waals surface area contributed by atoms with Crippen LogP contribution in [0.15, 0.2) is 0 Å². The summed E-state index contributed by atoms with van der Waals surface area (Å²) in [7, 11) is 0.657. The van der Waals surface area contributed by atoms with Gasteiger partial charge in [0.2, 0.25) is 5.91 Å². The van der Waals surface area contributed by atoms with E-state index in [1.54, 1.807) is 0 Å². The Labute approximate surface area is 63.3 Å². The number of nitrogens with zero attached hydrogens (tertiary/aromatic N) is 1. The smallest absolute Gasteiger partial charge is 0.217 e. The maximum atomic E-state index is 11.3. The van der Waals surface area contributed by atoms with Crippen molar-refractivity contribution in [3.63, 3.8) is 0 Å². The average Bonchev–Trinajstić information content (AvgIpc) is 1.95. The van der Waals surface area contributed by atoms with Crippen LogP contribution in [-0.2, 0) is 4.79 Å². The largest absolute Gasteiger partial charge is 0.372 e. The molecule has 10 heavy (non-hydrogen) atoms. The highest BCUT2D eigenvalue weighted by Crippen LogP contribution is 2.29. The number of hydrogen-bond acceptors (Lipinski definition) is 1. The number of amides is 1. The molecule has 0 aromatic rings. The molecule has 2 nitrogen and oxygen atoms in total. The van der Waals surface area contributed by atoms with Gasteiger partial charge in [0.05, 0.1) is 0 Å². The minimum Gasteiger partial charge on any atom is -0.372 e. The fourth-order valence-corrected chi connectivity index (χ4v) is 4.37. The van der Waals surface area contributed by atoms with Gasteiger partial charge in [0.25, 0.3) is 0 Å². The third-order valence-corrected chi connectivity index (χ3v) is 6.11. The van der Waals surface area contributed by atoms with Crippen LogP contribution in [0.25, 0.3) is 0 Å². The van der Waals surface area contributed by atoms with Gasteiger partial charge in [-0.15, -0.1) is 0 Å². The van der Waals surface area contributed by atoms with Crippen LogP contribution in [0, 0.1) is 5.92 Å². The second-order valence-corrected chi connectivity index (χ2v) is 8.52. The second kappa shape index (κ2) is 2.09. The summed E-state index contributed by atoms with van der Waals surface area (Å²) in [5.41, 5.74) is 0. The molecule has 3 heteroatoms. The van der Waals surface area contributed by atoms with Crippen molar-refractivity contribution in [2.45, 2.75) is 26.1 Å². The molecule has 1 saturated heterocycles. The quantitative estimate of drug-likeness (QED) is 0.485. The highest BCUT2D eigenvalue weighted by molar-refractivity contribution is 6.78. The van der Waals surface area contributed by atoms with Crippen LogP contribution in [0.4, 0.5) is 0 Å². The van der Waals surface area contributed by atoms with Crippen molar-refractivity contribution in [2.75, 3.05) is 7.05 Å². The minimum atomic E-state index is -1.29. The number of carbonyl (C=O) groups excluding carboxylic acids is 1. The van der Waals surface area contributed by atoms with Gasteiger partial charge in [-0.25, -0.2) is 0 Å². The number of carbonyl (C=O) groups is 1. The van der Waals surface area contributed by atoms with Gasteiger partial charge in [0.1, 0.15) is 0 Å². The fraction of sp³-hybridized carbons (Fsp3) is 0.857. The van der Waals surface area contributed by atoms with E-state index in [4.69, 9.17) is 0 Å². The molecule has 1 fully saturated rings. The van der Waals surface area contributed by atoms with Gasteiger partial charge < -0.3 is 4.57 Å². The Hall–Kier alpha value is -0.313. The lowest BCUT2D eigenvalue weighted by molar-refractivity contribution is -0.127. The van der Waals surface area contributed by atoms with Gasteiger partial charge in [-0.2, -0.15) is 0 Å². The van der Waals surface area contributed by atoms with E-state index in [1.807, 2.05) is 18.5 Å². The van der Waals surface area contributed by atoms with Crippen molar-refractivity contribution in [2.24, 2.45) is 5.92 Å². The fourth-order valence-electron chi connectivity index (χ4n) is 1.60. The summed E-state index contributed by atoms with van der Waals surface area (Å²) in [5.74, 6) is 0.628. The normalized spacial score (nSPS) is 31.4. The molecule has 1 rings (SSSR count).